The van der Waals surface area contributed by atoms with Crippen molar-refractivity contribution in [3.8, 4) is 0 Å². The van der Waals surface area contributed by atoms with Crippen molar-refractivity contribution in [3.63, 3.8) is 0 Å². The summed E-state index contributed by atoms with van der Waals surface area (Å²) in [6, 6.07) is 7.22. The summed E-state index contributed by atoms with van der Waals surface area (Å²) in [7, 11) is 6.44. The van der Waals surface area contributed by atoms with Crippen LogP contribution in [0.3, 0.4) is 0 Å². The predicted octanol–water partition coefficient (Wildman–Crippen LogP) is 3.33. The zero-order chi connectivity index (χ0) is 15.8. The maximum atomic E-state index is 3.71. The van der Waals surface area contributed by atoms with Gasteiger partial charge in [-0.05, 0) is 57.8 Å². The summed E-state index contributed by atoms with van der Waals surface area (Å²) < 4.78 is 1.21. The van der Waals surface area contributed by atoms with Crippen molar-refractivity contribution in [2.24, 2.45) is 0 Å². The Balaban J connectivity index is 2.48. The van der Waals surface area contributed by atoms with E-state index in [1.54, 1.807) is 0 Å². The molecule has 120 valence electrons. The fourth-order valence-corrected chi connectivity index (χ4v) is 2.73. The summed E-state index contributed by atoms with van der Waals surface area (Å²) in [4.78, 5) is 4.62. The molecular weight excluding hydrogens is 326 g/mol. The third kappa shape index (κ3) is 7.96. The van der Waals surface area contributed by atoms with Gasteiger partial charge in [-0.15, -0.1) is 0 Å². The lowest BCUT2D eigenvalue weighted by atomic mass is 10.1. The van der Waals surface area contributed by atoms with Crippen LogP contribution in [0.25, 0.3) is 0 Å². The Morgan fingerprint density at radius 1 is 1.14 bits per heavy atom. The Morgan fingerprint density at radius 3 is 2.43 bits per heavy atom. The molecule has 0 fully saturated rings. The van der Waals surface area contributed by atoms with Crippen LogP contribution in [0.2, 0.25) is 0 Å². The third-order valence-electron chi connectivity index (χ3n) is 3.42. The van der Waals surface area contributed by atoms with Gasteiger partial charge in [-0.25, -0.2) is 0 Å². The van der Waals surface area contributed by atoms with E-state index in [0.29, 0.717) is 6.04 Å². The van der Waals surface area contributed by atoms with E-state index in [9.17, 15) is 0 Å². The second-order valence-electron chi connectivity index (χ2n) is 6.36. The van der Waals surface area contributed by atoms with Crippen LogP contribution in [-0.4, -0.2) is 50.1 Å². The van der Waals surface area contributed by atoms with E-state index >= 15 is 0 Å². The second kappa shape index (κ2) is 9.57. The SMILES string of the molecule is CC(C)NCc1ccc(CN(C)CCCN(C)C)c(Br)c1. The molecule has 0 saturated carbocycles. The van der Waals surface area contributed by atoms with E-state index in [4.69, 9.17) is 0 Å². The monoisotopic (exact) mass is 355 g/mol. The van der Waals surface area contributed by atoms with E-state index in [1.807, 2.05) is 0 Å². The van der Waals surface area contributed by atoms with Crippen LogP contribution in [0.5, 0.6) is 0 Å². The Morgan fingerprint density at radius 2 is 1.86 bits per heavy atom. The van der Waals surface area contributed by atoms with Gasteiger partial charge in [0.2, 0.25) is 0 Å². The van der Waals surface area contributed by atoms with Crippen LogP contribution in [0.4, 0.5) is 0 Å². The zero-order valence-electron chi connectivity index (χ0n) is 14.1. The quantitative estimate of drug-likeness (QED) is 0.732. The predicted molar refractivity (Wildman–Crippen MR) is 95.6 cm³/mol. The van der Waals surface area contributed by atoms with E-state index in [1.165, 1.54) is 22.0 Å². The molecule has 0 saturated heterocycles. The largest absolute Gasteiger partial charge is 0.310 e. The van der Waals surface area contributed by atoms with Crippen molar-refractivity contribution in [1.29, 1.82) is 0 Å². The molecule has 1 aromatic carbocycles. The number of hydrogen-bond donors (Lipinski definition) is 1. The molecule has 0 bridgehead atoms. The van der Waals surface area contributed by atoms with E-state index in [2.05, 4.69) is 84.2 Å². The first-order valence-electron chi connectivity index (χ1n) is 7.72. The Hall–Kier alpha value is -0.420. The highest BCUT2D eigenvalue weighted by atomic mass is 79.9. The second-order valence-corrected chi connectivity index (χ2v) is 7.21. The highest BCUT2D eigenvalue weighted by Crippen LogP contribution is 2.20. The minimum Gasteiger partial charge on any atom is -0.310 e. The molecule has 0 atom stereocenters. The first-order valence-corrected chi connectivity index (χ1v) is 8.51. The molecule has 4 heteroatoms. The summed E-state index contributed by atoms with van der Waals surface area (Å²) >= 11 is 3.71. The van der Waals surface area contributed by atoms with E-state index in [0.717, 1.165) is 26.2 Å². The summed E-state index contributed by atoms with van der Waals surface area (Å²) in [6.45, 7) is 8.53. The molecule has 0 radical (unpaired) electrons. The van der Waals surface area contributed by atoms with Gasteiger partial charge in [0.15, 0.2) is 0 Å². The van der Waals surface area contributed by atoms with Gasteiger partial charge in [-0.2, -0.15) is 0 Å². The van der Waals surface area contributed by atoms with E-state index < -0.39 is 0 Å². The summed E-state index contributed by atoms with van der Waals surface area (Å²) in [6.07, 6.45) is 1.21. The first kappa shape index (κ1) is 18.6. The maximum Gasteiger partial charge on any atom is 0.0241 e. The van der Waals surface area contributed by atoms with Crippen molar-refractivity contribution >= 4 is 15.9 Å². The average Bonchev–Trinajstić information content (AvgIpc) is 2.38. The highest BCUT2D eigenvalue weighted by Gasteiger charge is 2.06. The Labute approximate surface area is 138 Å². The Kier molecular flexibility index (Phi) is 8.49. The molecule has 0 aliphatic heterocycles. The van der Waals surface area contributed by atoms with Crippen molar-refractivity contribution < 1.29 is 0 Å². The molecule has 0 aliphatic rings. The smallest absolute Gasteiger partial charge is 0.0241 e. The molecule has 21 heavy (non-hydrogen) atoms. The molecule has 1 N–H and O–H groups in total. The van der Waals surface area contributed by atoms with Crippen LogP contribution < -0.4 is 5.32 Å². The summed E-state index contributed by atoms with van der Waals surface area (Å²) in [5, 5.41) is 3.45. The molecular formula is C17H30BrN3. The average molecular weight is 356 g/mol. The van der Waals surface area contributed by atoms with Crippen LogP contribution in [-0.2, 0) is 13.1 Å². The lowest BCUT2D eigenvalue weighted by Gasteiger charge is -2.19. The molecule has 0 spiro atoms. The fraction of sp³-hybridized carbons (Fsp3) is 0.647. The molecule has 0 unspecified atom stereocenters. The lowest BCUT2D eigenvalue weighted by Crippen LogP contribution is -2.24. The molecule has 0 heterocycles. The lowest BCUT2D eigenvalue weighted by molar-refractivity contribution is 0.294. The van der Waals surface area contributed by atoms with Crippen LogP contribution in [0.1, 0.15) is 31.4 Å². The summed E-state index contributed by atoms with van der Waals surface area (Å²) in [5.74, 6) is 0. The third-order valence-corrected chi connectivity index (χ3v) is 4.16. The number of hydrogen-bond acceptors (Lipinski definition) is 3. The van der Waals surface area contributed by atoms with Gasteiger partial charge in [0, 0.05) is 23.6 Å². The summed E-state index contributed by atoms with van der Waals surface area (Å²) in [5.41, 5.74) is 2.69. The number of benzene rings is 1. The van der Waals surface area contributed by atoms with Crippen molar-refractivity contribution in [2.45, 2.75) is 39.4 Å². The molecule has 1 aromatic rings. The molecule has 0 aliphatic carbocycles. The van der Waals surface area contributed by atoms with Gasteiger partial charge in [0.05, 0.1) is 0 Å². The zero-order valence-corrected chi connectivity index (χ0v) is 15.7. The van der Waals surface area contributed by atoms with Crippen LogP contribution in [0.15, 0.2) is 22.7 Å². The van der Waals surface area contributed by atoms with Gasteiger partial charge in [0.1, 0.15) is 0 Å². The molecule has 0 aromatic heterocycles. The normalized spacial score (nSPS) is 11.9. The standard InChI is InChI=1S/C17H30BrN3/c1-14(2)19-12-15-7-8-16(17(18)11-15)13-21(5)10-6-9-20(3)4/h7-8,11,14,19H,6,9-10,12-13H2,1-5H3. The maximum absolute atomic E-state index is 3.71. The number of rotatable bonds is 9. The van der Waals surface area contributed by atoms with Crippen molar-refractivity contribution in [3.05, 3.63) is 33.8 Å². The van der Waals surface area contributed by atoms with Gasteiger partial charge in [-0.1, -0.05) is 41.9 Å². The van der Waals surface area contributed by atoms with Gasteiger partial charge in [0.25, 0.3) is 0 Å². The van der Waals surface area contributed by atoms with Crippen molar-refractivity contribution in [2.75, 3.05) is 34.2 Å². The minimum absolute atomic E-state index is 0.520. The van der Waals surface area contributed by atoms with Gasteiger partial charge < -0.3 is 15.1 Å². The van der Waals surface area contributed by atoms with Gasteiger partial charge >= 0.3 is 0 Å². The number of halogens is 1. The van der Waals surface area contributed by atoms with Crippen LogP contribution >= 0.6 is 15.9 Å². The Bertz CT molecular complexity index is 418. The molecule has 0 amide bonds. The van der Waals surface area contributed by atoms with E-state index in [-0.39, 0.29) is 0 Å². The molecule has 3 nitrogen and oxygen atoms in total. The fourth-order valence-electron chi connectivity index (χ4n) is 2.18. The van der Waals surface area contributed by atoms with Crippen molar-refractivity contribution in [1.82, 2.24) is 15.1 Å². The molecule has 1 rings (SSSR count). The first-order chi connectivity index (χ1) is 9.88. The number of nitrogens with zero attached hydrogens (tertiary/aromatic N) is 2. The highest BCUT2D eigenvalue weighted by molar-refractivity contribution is 9.10. The van der Waals surface area contributed by atoms with Crippen LogP contribution in [0, 0.1) is 0 Å². The van der Waals surface area contributed by atoms with Gasteiger partial charge in [-0.3, -0.25) is 0 Å². The number of nitrogens with one attached hydrogen (secondary N) is 1. The minimum atomic E-state index is 0.520. The topological polar surface area (TPSA) is 18.5 Å².